The summed E-state index contributed by atoms with van der Waals surface area (Å²) in [5.74, 6) is 0. The number of rotatable bonds is 2. The maximum Gasteiger partial charge on any atom is 1.00 e. The molecule has 0 saturated carbocycles. The predicted octanol–water partition coefficient (Wildman–Crippen LogP) is -7.14. The van der Waals surface area contributed by atoms with Gasteiger partial charge in [0.25, 0.3) is 0 Å². The number of hydrogen-bond donors (Lipinski definition) is 0. The van der Waals surface area contributed by atoms with Gasteiger partial charge in [0.05, 0.1) is 7.82 Å². The van der Waals surface area contributed by atoms with E-state index in [0.29, 0.717) is 0 Å². The molecular weight excluding hydrogens is 181 g/mol. The molecule has 0 spiro atoms. The van der Waals surface area contributed by atoms with Crippen molar-refractivity contribution in [2.45, 2.75) is 6.92 Å². The summed E-state index contributed by atoms with van der Waals surface area (Å²) in [6, 6.07) is 0. The van der Waals surface area contributed by atoms with E-state index in [2.05, 4.69) is 4.52 Å². The predicted molar refractivity (Wildman–Crippen MR) is 19.2 cm³/mol. The van der Waals surface area contributed by atoms with Crippen molar-refractivity contribution in [1.29, 1.82) is 0 Å². The molecule has 0 aromatic heterocycles. The molecule has 0 rings (SSSR count). The van der Waals surface area contributed by atoms with Crippen LogP contribution in [0.4, 0.5) is 0 Å². The Bertz CT molecular complexity index is 92.6. The van der Waals surface area contributed by atoms with Crippen molar-refractivity contribution in [2.24, 2.45) is 0 Å². The Balaban J connectivity index is -0.000000180. The zero-order valence-corrected chi connectivity index (χ0v) is 11.8. The molecule has 0 atom stereocenters. The largest absolute Gasteiger partial charge is 1.00 e. The first-order valence-corrected chi connectivity index (χ1v) is 3.19. The summed E-state index contributed by atoms with van der Waals surface area (Å²) in [5.41, 5.74) is 0. The van der Waals surface area contributed by atoms with Crippen molar-refractivity contribution in [1.82, 2.24) is 0 Å². The van der Waals surface area contributed by atoms with Crippen molar-refractivity contribution in [2.75, 3.05) is 6.61 Å². The Labute approximate surface area is 119 Å². The number of hydrogen-bond acceptors (Lipinski definition) is 4. The van der Waals surface area contributed by atoms with Crippen LogP contribution >= 0.6 is 7.82 Å². The molecule has 0 unspecified atom stereocenters. The summed E-state index contributed by atoms with van der Waals surface area (Å²) in [6.45, 7) is 1.35. The Kier molecular flexibility index (Phi) is 17.4. The van der Waals surface area contributed by atoms with Crippen LogP contribution in [0.3, 0.4) is 0 Å². The van der Waals surface area contributed by atoms with E-state index in [0.717, 1.165) is 0 Å². The van der Waals surface area contributed by atoms with E-state index in [4.69, 9.17) is 0 Å². The molecule has 0 amide bonds. The summed E-state index contributed by atoms with van der Waals surface area (Å²) in [5, 5.41) is 0. The van der Waals surface area contributed by atoms with Crippen LogP contribution in [0.25, 0.3) is 0 Å². The van der Waals surface area contributed by atoms with Gasteiger partial charge in [-0.15, -0.1) is 0 Å². The molecule has 0 heterocycles. The van der Waals surface area contributed by atoms with Crippen LogP contribution in [-0.4, -0.2) is 6.61 Å². The minimum Gasteiger partial charge on any atom is -0.790 e. The molecule has 4 nitrogen and oxygen atoms in total. The molecule has 0 N–H and O–H groups in total. The van der Waals surface area contributed by atoms with E-state index >= 15 is 0 Å². The monoisotopic (exact) mass is 186 g/mol. The Morgan fingerprint density at radius 2 is 1.89 bits per heavy atom. The van der Waals surface area contributed by atoms with Gasteiger partial charge in [-0.2, -0.15) is 0 Å². The quantitative estimate of drug-likeness (QED) is 0.317. The van der Waals surface area contributed by atoms with Gasteiger partial charge in [-0.05, 0) is 6.92 Å². The van der Waals surface area contributed by atoms with Crippen LogP contribution in [0.5, 0.6) is 0 Å². The van der Waals surface area contributed by atoms with E-state index in [-0.39, 0.29) is 87.5 Å². The third-order valence-corrected chi connectivity index (χ3v) is 0.862. The third kappa shape index (κ3) is 18.1. The summed E-state index contributed by atoms with van der Waals surface area (Å²) in [4.78, 5) is 19.0. The summed E-state index contributed by atoms with van der Waals surface area (Å²) in [6.07, 6.45) is 0. The zero-order valence-electron chi connectivity index (χ0n) is 5.79. The van der Waals surface area contributed by atoms with Crippen LogP contribution in [-0.2, 0) is 9.09 Å². The van der Waals surface area contributed by atoms with E-state index in [1.54, 1.807) is 0 Å². The molecule has 0 aromatic carbocycles. The van der Waals surface area contributed by atoms with Gasteiger partial charge >= 0.3 is 80.9 Å². The van der Waals surface area contributed by atoms with Crippen LogP contribution in [0, 0.1) is 0 Å². The maximum absolute atomic E-state index is 9.48. The Morgan fingerprint density at radius 3 is 1.89 bits per heavy atom. The van der Waals surface area contributed by atoms with Gasteiger partial charge in [0, 0.05) is 6.61 Å². The van der Waals surface area contributed by atoms with Crippen LogP contribution in [0.1, 0.15) is 6.92 Å². The first kappa shape index (κ1) is 17.7. The van der Waals surface area contributed by atoms with Crippen molar-refractivity contribution in [3.63, 3.8) is 0 Å². The minimum absolute atomic E-state index is 0. The normalized spacial score (nSPS) is 9.22. The van der Waals surface area contributed by atoms with Crippen molar-refractivity contribution in [3.8, 4) is 0 Å². The van der Waals surface area contributed by atoms with Gasteiger partial charge in [0.1, 0.15) is 0 Å². The topological polar surface area (TPSA) is 72.4 Å². The van der Waals surface area contributed by atoms with Gasteiger partial charge in [-0.1, -0.05) is 0 Å². The molecule has 7 heteroatoms. The fraction of sp³-hybridized carbons (Fsp3) is 1.00. The average molecular weight is 186 g/mol. The zero-order chi connectivity index (χ0) is 5.91. The minimum atomic E-state index is -4.67. The summed E-state index contributed by atoms with van der Waals surface area (Å²) < 4.78 is 13.2. The second kappa shape index (κ2) is 8.84. The smallest absolute Gasteiger partial charge is 0.790 e. The molecule has 0 aromatic rings. The summed E-state index contributed by atoms with van der Waals surface area (Å²) >= 11 is 0. The van der Waals surface area contributed by atoms with Crippen LogP contribution in [0.2, 0.25) is 0 Å². The molecule has 0 saturated heterocycles. The van der Waals surface area contributed by atoms with Crippen molar-refractivity contribution >= 4 is 7.82 Å². The van der Waals surface area contributed by atoms with E-state index in [1.165, 1.54) is 6.92 Å². The first-order chi connectivity index (χ1) is 3.06. The van der Waals surface area contributed by atoms with Gasteiger partial charge in [-0.3, -0.25) is 0 Å². The van der Waals surface area contributed by atoms with Crippen molar-refractivity contribution in [3.05, 3.63) is 0 Å². The second-order valence-corrected chi connectivity index (χ2v) is 2.02. The van der Waals surface area contributed by atoms with Gasteiger partial charge < -0.3 is 18.9 Å². The number of phosphoric acid groups is 1. The Hall–Kier alpha value is 2.75. The molecule has 0 bridgehead atoms. The standard InChI is InChI=1S/C2H7O4P.K.Na/c1-2-6-7(3,4)5;;/h2H2,1H3,(H2,3,4,5);;/q;2*+1/p-2. The van der Waals surface area contributed by atoms with E-state index < -0.39 is 7.82 Å². The molecule has 0 aliphatic carbocycles. The molecule has 0 aliphatic heterocycles. The Morgan fingerprint density at radius 1 is 1.56 bits per heavy atom. The SMILES string of the molecule is CCOP(=O)([O-])[O-].[K+].[Na+]. The van der Waals surface area contributed by atoms with E-state index in [1.807, 2.05) is 0 Å². The molecule has 0 aliphatic rings. The van der Waals surface area contributed by atoms with Crippen LogP contribution in [0.15, 0.2) is 0 Å². The van der Waals surface area contributed by atoms with Crippen LogP contribution < -0.4 is 90.7 Å². The van der Waals surface area contributed by atoms with Gasteiger partial charge in [0.2, 0.25) is 0 Å². The summed E-state index contributed by atoms with van der Waals surface area (Å²) in [7, 11) is -4.67. The molecule has 0 radical (unpaired) electrons. The maximum atomic E-state index is 9.48. The molecule has 44 valence electrons. The average Bonchev–Trinajstić information content (AvgIpc) is 1.30. The van der Waals surface area contributed by atoms with Crippen molar-refractivity contribution < 1.29 is 99.8 Å². The fourth-order valence-corrected chi connectivity index (χ4v) is 0.474. The van der Waals surface area contributed by atoms with E-state index in [9.17, 15) is 14.4 Å². The first-order valence-electron chi connectivity index (χ1n) is 1.73. The second-order valence-electron chi connectivity index (χ2n) is 0.865. The molecule has 0 fully saturated rings. The van der Waals surface area contributed by atoms with Gasteiger partial charge in [-0.25, -0.2) is 0 Å². The fourth-order valence-electron chi connectivity index (χ4n) is 0.158. The molecule has 9 heavy (non-hydrogen) atoms. The third-order valence-electron chi connectivity index (χ3n) is 0.287. The molecular formula is C2H5KNaO4P. The number of phosphoric ester groups is 1. The van der Waals surface area contributed by atoms with Gasteiger partial charge in [0.15, 0.2) is 0 Å².